The first kappa shape index (κ1) is 12.8. The van der Waals surface area contributed by atoms with Gasteiger partial charge in [-0.15, -0.1) is 0 Å². The summed E-state index contributed by atoms with van der Waals surface area (Å²) in [6, 6.07) is 12.8. The number of phenols is 1. The lowest BCUT2D eigenvalue weighted by atomic mass is 10.0. The zero-order chi connectivity index (χ0) is 13.8. The first-order valence-corrected chi connectivity index (χ1v) is 5.69. The van der Waals surface area contributed by atoms with Gasteiger partial charge in [0.25, 0.3) is 0 Å². The Morgan fingerprint density at radius 3 is 2.32 bits per heavy atom. The maximum atomic E-state index is 12.1. The van der Waals surface area contributed by atoms with Gasteiger partial charge in [-0.05, 0) is 12.1 Å². The molecule has 0 radical (unpaired) electrons. The summed E-state index contributed by atoms with van der Waals surface area (Å²) in [6.07, 6.45) is 0. The van der Waals surface area contributed by atoms with Crippen LogP contribution >= 0.6 is 0 Å². The quantitative estimate of drug-likeness (QED) is 0.520. The monoisotopic (exact) mass is 256 g/mol. The maximum absolute atomic E-state index is 12.1. The van der Waals surface area contributed by atoms with E-state index in [2.05, 4.69) is 0 Å². The molecule has 0 amide bonds. The molecule has 1 N–H and O–H groups in total. The smallest absolute Gasteiger partial charge is 0.308 e. The predicted octanol–water partition coefficient (Wildman–Crippen LogP) is 2.55. The summed E-state index contributed by atoms with van der Waals surface area (Å²) >= 11 is 0. The highest BCUT2D eigenvalue weighted by Crippen LogP contribution is 2.25. The van der Waals surface area contributed by atoms with Crippen molar-refractivity contribution in [1.29, 1.82) is 0 Å². The van der Waals surface area contributed by atoms with Crippen LogP contribution in [0, 0.1) is 0 Å². The predicted molar refractivity (Wildman–Crippen MR) is 69.3 cm³/mol. The Balaban J connectivity index is 2.31. The van der Waals surface area contributed by atoms with Gasteiger partial charge in [-0.1, -0.05) is 30.3 Å². The van der Waals surface area contributed by atoms with Crippen molar-refractivity contribution >= 4 is 11.8 Å². The lowest BCUT2D eigenvalue weighted by Crippen LogP contribution is -2.04. The van der Waals surface area contributed by atoms with E-state index in [1.165, 1.54) is 25.1 Å². The molecule has 2 rings (SSSR count). The van der Waals surface area contributed by atoms with Crippen LogP contribution in [0.25, 0.3) is 0 Å². The molecule has 19 heavy (non-hydrogen) atoms. The van der Waals surface area contributed by atoms with Crippen LogP contribution in [0.2, 0.25) is 0 Å². The van der Waals surface area contributed by atoms with Crippen molar-refractivity contribution in [3.05, 3.63) is 59.7 Å². The van der Waals surface area contributed by atoms with E-state index < -0.39 is 5.97 Å². The molecule has 4 heteroatoms. The highest BCUT2D eigenvalue weighted by Gasteiger charge is 2.14. The molecule has 2 aromatic carbocycles. The van der Waals surface area contributed by atoms with Crippen molar-refractivity contribution in [2.75, 3.05) is 0 Å². The minimum atomic E-state index is -0.485. The Morgan fingerprint density at radius 1 is 1.05 bits per heavy atom. The molecule has 2 aromatic rings. The zero-order valence-corrected chi connectivity index (χ0v) is 10.3. The van der Waals surface area contributed by atoms with Gasteiger partial charge in [-0.2, -0.15) is 0 Å². The molecule has 0 atom stereocenters. The van der Waals surface area contributed by atoms with E-state index in [0.29, 0.717) is 5.56 Å². The molecule has 0 spiro atoms. The number of rotatable bonds is 3. The topological polar surface area (TPSA) is 63.6 Å². The van der Waals surface area contributed by atoms with E-state index >= 15 is 0 Å². The standard InChI is InChI=1S/C15H12O4/c1-10(16)19-12-7-8-13(14(17)9-12)15(18)11-5-3-2-4-6-11/h2-9,17H,1H3. The first-order chi connectivity index (χ1) is 9.08. The van der Waals surface area contributed by atoms with Gasteiger partial charge in [0.1, 0.15) is 11.5 Å². The summed E-state index contributed by atoms with van der Waals surface area (Å²) in [5.41, 5.74) is 0.653. The molecular formula is C15H12O4. The Labute approximate surface area is 110 Å². The van der Waals surface area contributed by atoms with Crippen molar-refractivity contribution in [2.24, 2.45) is 0 Å². The second kappa shape index (κ2) is 5.35. The molecule has 0 bridgehead atoms. The van der Waals surface area contributed by atoms with Gasteiger partial charge < -0.3 is 9.84 Å². The van der Waals surface area contributed by atoms with E-state index in [9.17, 15) is 14.7 Å². The Hall–Kier alpha value is -2.62. The molecule has 0 aliphatic rings. The average Bonchev–Trinajstić information content (AvgIpc) is 2.38. The van der Waals surface area contributed by atoms with E-state index in [0.717, 1.165) is 0 Å². The van der Waals surface area contributed by atoms with E-state index in [-0.39, 0.29) is 22.8 Å². The lowest BCUT2D eigenvalue weighted by Gasteiger charge is -2.06. The number of aromatic hydroxyl groups is 1. The maximum Gasteiger partial charge on any atom is 0.308 e. The fraction of sp³-hybridized carbons (Fsp3) is 0.0667. The van der Waals surface area contributed by atoms with Crippen LogP contribution in [-0.2, 0) is 4.79 Å². The number of carbonyl (C=O) groups is 2. The fourth-order valence-corrected chi connectivity index (χ4v) is 1.68. The van der Waals surface area contributed by atoms with Crippen molar-refractivity contribution in [3.8, 4) is 11.5 Å². The van der Waals surface area contributed by atoms with E-state index in [4.69, 9.17) is 4.74 Å². The molecule has 0 fully saturated rings. The molecule has 0 heterocycles. The van der Waals surface area contributed by atoms with Gasteiger partial charge in [0.15, 0.2) is 5.78 Å². The van der Waals surface area contributed by atoms with Crippen molar-refractivity contribution in [3.63, 3.8) is 0 Å². The number of carbonyl (C=O) groups excluding carboxylic acids is 2. The van der Waals surface area contributed by atoms with Gasteiger partial charge in [-0.3, -0.25) is 9.59 Å². The summed E-state index contributed by atoms with van der Waals surface area (Å²) in [7, 11) is 0. The van der Waals surface area contributed by atoms with Crippen molar-refractivity contribution < 1.29 is 19.4 Å². The Bertz CT molecular complexity index is 617. The van der Waals surface area contributed by atoms with Crippen LogP contribution in [0.15, 0.2) is 48.5 Å². The van der Waals surface area contributed by atoms with Crippen LogP contribution < -0.4 is 4.74 Å². The van der Waals surface area contributed by atoms with Crippen LogP contribution in [0.1, 0.15) is 22.8 Å². The number of hydrogen-bond acceptors (Lipinski definition) is 4. The molecule has 0 aliphatic carbocycles. The fourth-order valence-electron chi connectivity index (χ4n) is 1.68. The number of hydrogen-bond donors (Lipinski definition) is 1. The second-order valence-corrected chi connectivity index (χ2v) is 3.97. The largest absolute Gasteiger partial charge is 0.507 e. The second-order valence-electron chi connectivity index (χ2n) is 3.97. The third-order valence-corrected chi connectivity index (χ3v) is 2.51. The molecule has 4 nitrogen and oxygen atoms in total. The SMILES string of the molecule is CC(=O)Oc1ccc(C(=O)c2ccccc2)c(O)c1. The molecule has 0 aliphatic heterocycles. The number of ketones is 1. The molecule has 0 saturated heterocycles. The number of phenolic OH excluding ortho intramolecular Hbond substituents is 1. The average molecular weight is 256 g/mol. The zero-order valence-electron chi connectivity index (χ0n) is 10.3. The van der Waals surface area contributed by atoms with Gasteiger partial charge in [0.2, 0.25) is 0 Å². The van der Waals surface area contributed by atoms with Gasteiger partial charge in [0, 0.05) is 18.6 Å². The van der Waals surface area contributed by atoms with E-state index in [1.807, 2.05) is 0 Å². The van der Waals surface area contributed by atoms with Crippen LogP contribution in [0.3, 0.4) is 0 Å². The van der Waals surface area contributed by atoms with Crippen LogP contribution in [0.5, 0.6) is 11.5 Å². The van der Waals surface area contributed by atoms with E-state index in [1.54, 1.807) is 30.3 Å². The Morgan fingerprint density at radius 2 is 1.74 bits per heavy atom. The Kier molecular flexibility index (Phi) is 3.61. The van der Waals surface area contributed by atoms with Crippen LogP contribution in [-0.4, -0.2) is 16.9 Å². The minimum absolute atomic E-state index is 0.169. The number of benzene rings is 2. The minimum Gasteiger partial charge on any atom is -0.507 e. The third-order valence-electron chi connectivity index (χ3n) is 2.51. The summed E-state index contributed by atoms with van der Waals surface area (Å²) in [6.45, 7) is 1.26. The van der Waals surface area contributed by atoms with Crippen molar-refractivity contribution in [1.82, 2.24) is 0 Å². The summed E-state index contributed by atoms with van der Waals surface area (Å²) in [5.74, 6) is -0.781. The normalized spacial score (nSPS) is 9.95. The number of esters is 1. The van der Waals surface area contributed by atoms with Crippen LogP contribution in [0.4, 0.5) is 0 Å². The molecular weight excluding hydrogens is 244 g/mol. The molecule has 96 valence electrons. The third kappa shape index (κ3) is 2.98. The molecule has 0 saturated carbocycles. The van der Waals surface area contributed by atoms with Crippen molar-refractivity contribution in [2.45, 2.75) is 6.92 Å². The molecule has 0 unspecified atom stereocenters. The van der Waals surface area contributed by atoms with Gasteiger partial charge in [0.05, 0.1) is 5.56 Å². The van der Waals surface area contributed by atoms with Gasteiger partial charge >= 0.3 is 5.97 Å². The first-order valence-electron chi connectivity index (χ1n) is 5.69. The highest BCUT2D eigenvalue weighted by molar-refractivity contribution is 6.10. The van der Waals surface area contributed by atoms with Gasteiger partial charge in [-0.25, -0.2) is 0 Å². The molecule has 0 aromatic heterocycles. The summed E-state index contributed by atoms with van der Waals surface area (Å²) in [4.78, 5) is 22.9. The summed E-state index contributed by atoms with van der Waals surface area (Å²) in [5, 5.41) is 9.82. The lowest BCUT2D eigenvalue weighted by molar-refractivity contribution is -0.131. The highest BCUT2D eigenvalue weighted by atomic mass is 16.5. The number of ether oxygens (including phenoxy) is 1. The summed E-state index contributed by atoms with van der Waals surface area (Å²) < 4.78 is 4.83.